The molecule has 0 unspecified atom stereocenters. The monoisotopic (exact) mass is 250 g/mol. The Balaban J connectivity index is 2.11. The number of hydrogen-bond acceptors (Lipinski definition) is 2. The largest absolute Gasteiger partial charge is 0.364 e. The van der Waals surface area contributed by atoms with E-state index in [1.807, 2.05) is 19.1 Å². The molecular formula is C12H14N2O2S. The number of nitrogens with one attached hydrogen (secondary N) is 2. The number of rotatable bonds is 4. The summed E-state index contributed by atoms with van der Waals surface area (Å²) >= 11 is 0. The predicted octanol–water partition coefficient (Wildman–Crippen LogP) is 1.80. The summed E-state index contributed by atoms with van der Waals surface area (Å²) in [5.74, 6) is 0. The van der Waals surface area contributed by atoms with Gasteiger partial charge in [-0.05, 0) is 31.2 Å². The smallest absolute Gasteiger partial charge is 0.240 e. The van der Waals surface area contributed by atoms with Gasteiger partial charge in [0.2, 0.25) is 10.0 Å². The molecule has 0 saturated heterocycles. The Labute approximate surface area is 101 Å². The number of H-pyrrole nitrogens is 1. The maximum absolute atomic E-state index is 11.9. The van der Waals surface area contributed by atoms with Crippen LogP contribution < -0.4 is 4.72 Å². The van der Waals surface area contributed by atoms with Gasteiger partial charge in [0, 0.05) is 11.9 Å². The van der Waals surface area contributed by atoms with Crippen LogP contribution >= 0.6 is 0 Å². The van der Waals surface area contributed by atoms with Gasteiger partial charge in [0.15, 0.2) is 0 Å². The summed E-state index contributed by atoms with van der Waals surface area (Å²) in [6, 6.07) is 10.4. The second-order valence-corrected chi connectivity index (χ2v) is 5.60. The Morgan fingerprint density at radius 3 is 2.47 bits per heavy atom. The Morgan fingerprint density at radius 1 is 1.18 bits per heavy atom. The van der Waals surface area contributed by atoms with Gasteiger partial charge in [-0.15, -0.1) is 0 Å². The normalized spacial score (nSPS) is 11.6. The average Bonchev–Trinajstić information content (AvgIpc) is 2.80. The van der Waals surface area contributed by atoms with Crippen molar-refractivity contribution in [2.75, 3.05) is 0 Å². The highest BCUT2D eigenvalue weighted by molar-refractivity contribution is 7.89. The van der Waals surface area contributed by atoms with Gasteiger partial charge in [-0.2, -0.15) is 0 Å². The first-order valence-electron chi connectivity index (χ1n) is 5.26. The minimum atomic E-state index is -3.42. The number of aromatic nitrogens is 1. The fourth-order valence-corrected chi connectivity index (χ4v) is 2.46. The van der Waals surface area contributed by atoms with E-state index in [2.05, 4.69) is 9.71 Å². The molecule has 0 radical (unpaired) electrons. The van der Waals surface area contributed by atoms with E-state index in [4.69, 9.17) is 0 Å². The number of sulfonamides is 1. The van der Waals surface area contributed by atoms with Crippen molar-refractivity contribution in [2.45, 2.75) is 18.4 Å². The molecule has 0 amide bonds. The lowest BCUT2D eigenvalue weighted by Gasteiger charge is -2.05. The standard InChI is InChI=1S/C12H14N2O2S/c1-10-4-6-12(7-5-10)17(15,16)14-9-11-3-2-8-13-11/h2-8,13-14H,9H2,1H3. The van der Waals surface area contributed by atoms with Crippen molar-refractivity contribution in [2.24, 2.45) is 0 Å². The van der Waals surface area contributed by atoms with E-state index >= 15 is 0 Å². The van der Waals surface area contributed by atoms with Crippen LogP contribution in [0, 0.1) is 6.92 Å². The molecular weight excluding hydrogens is 236 g/mol. The molecule has 0 spiro atoms. The summed E-state index contributed by atoms with van der Waals surface area (Å²) in [5, 5.41) is 0. The molecule has 1 heterocycles. The average molecular weight is 250 g/mol. The van der Waals surface area contributed by atoms with Crippen LogP contribution in [0.2, 0.25) is 0 Å². The van der Waals surface area contributed by atoms with E-state index < -0.39 is 10.0 Å². The second kappa shape index (κ2) is 4.73. The van der Waals surface area contributed by atoms with Gasteiger partial charge < -0.3 is 4.98 Å². The van der Waals surface area contributed by atoms with Gasteiger partial charge in [0.1, 0.15) is 0 Å². The summed E-state index contributed by atoms with van der Waals surface area (Å²) in [6.07, 6.45) is 1.76. The molecule has 1 aromatic heterocycles. The SMILES string of the molecule is Cc1ccc(S(=O)(=O)NCc2ccc[nH]2)cc1. The molecule has 4 nitrogen and oxygen atoms in total. The number of aromatic amines is 1. The third kappa shape index (κ3) is 2.95. The van der Waals surface area contributed by atoms with Crippen LogP contribution in [-0.2, 0) is 16.6 Å². The fourth-order valence-electron chi connectivity index (χ4n) is 1.45. The van der Waals surface area contributed by atoms with E-state index in [0.29, 0.717) is 0 Å². The Kier molecular flexibility index (Phi) is 3.31. The first-order chi connectivity index (χ1) is 8.08. The van der Waals surface area contributed by atoms with E-state index in [1.165, 1.54) is 0 Å². The Morgan fingerprint density at radius 2 is 1.88 bits per heavy atom. The van der Waals surface area contributed by atoms with Crippen LogP contribution in [0.5, 0.6) is 0 Å². The lowest BCUT2D eigenvalue weighted by Crippen LogP contribution is -2.23. The van der Waals surface area contributed by atoms with Crippen molar-refractivity contribution in [1.82, 2.24) is 9.71 Å². The van der Waals surface area contributed by atoms with Gasteiger partial charge in [0.05, 0.1) is 11.4 Å². The topological polar surface area (TPSA) is 62.0 Å². The zero-order valence-electron chi connectivity index (χ0n) is 9.47. The first kappa shape index (κ1) is 11.9. The van der Waals surface area contributed by atoms with Crippen molar-refractivity contribution in [3.63, 3.8) is 0 Å². The van der Waals surface area contributed by atoms with Crippen LogP contribution in [-0.4, -0.2) is 13.4 Å². The predicted molar refractivity (Wildman–Crippen MR) is 66.0 cm³/mol. The molecule has 0 aliphatic carbocycles. The highest BCUT2D eigenvalue weighted by atomic mass is 32.2. The summed E-state index contributed by atoms with van der Waals surface area (Å²) in [7, 11) is -3.42. The molecule has 2 N–H and O–H groups in total. The third-order valence-corrected chi connectivity index (χ3v) is 3.86. The van der Waals surface area contributed by atoms with E-state index in [-0.39, 0.29) is 11.4 Å². The quantitative estimate of drug-likeness (QED) is 0.869. The lowest BCUT2D eigenvalue weighted by molar-refractivity contribution is 0.580. The molecule has 90 valence electrons. The molecule has 0 fully saturated rings. The molecule has 1 aromatic carbocycles. The zero-order chi connectivity index (χ0) is 12.3. The van der Waals surface area contributed by atoms with Crippen LogP contribution in [0.3, 0.4) is 0 Å². The molecule has 0 aliphatic heterocycles. The van der Waals surface area contributed by atoms with Gasteiger partial charge in [-0.1, -0.05) is 17.7 Å². The lowest BCUT2D eigenvalue weighted by atomic mass is 10.2. The zero-order valence-corrected chi connectivity index (χ0v) is 10.3. The van der Waals surface area contributed by atoms with Crippen molar-refractivity contribution < 1.29 is 8.42 Å². The van der Waals surface area contributed by atoms with E-state index in [1.54, 1.807) is 30.5 Å². The minimum absolute atomic E-state index is 0.267. The summed E-state index contributed by atoms with van der Waals surface area (Å²) in [6.45, 7) is 2.19. The summed E-state index contributed by atoms with van der Waals surface area (Å²) in [4.78, 5) is 3.23. The molecule has 0 aliphatic rings. The van der Waals surface area contributed by atoms with Crippen molar-refractivity contribution in [3.05, 3.63) is 53.9 Å². The maximum atomic E-state index is 11.9. The minimum Gasteiger partial charge on any atom is -0.364 e. The number of aryl methyl sites for hydroxylation is 1. The maximum Gasteiger partial charge on any atom is 0.240 e. The second-order valence-electron chi connectivity index (χ2n) is 3.83. The van der Waals surface area contributed by atoms with Gasteiger partial charge >= 0.3 is 0 Å². The summed E-state index contributed by atoms with van der Waals surface area (Å²) in [5.41, 5.74) is 1.87. The van der Waals surface area contributed by atoms with Gasteiger partial charge in [-0.3, -0.25) is 0 Å². The van der Waals surface area contributed by atoms with E-state index in [9.17, 15) is 8.42 Å². The first-order valence-corrected chi connectivity index (χ1v) is 6.75. The van der Waals surface area contributed by atoms with Crippen molar-refractivity contribution in [1.29, 1.82) is 0 Å². The van der Waals surface area contributed by atoms with Crippen LogP contribution in [0.25, 0.3) is 0 Å². The Bertz CT molecular complexity index is 571. The third-order valence-electron chi connectivity index (χ3n) is 2.45. The molecule has 17 heavy (non-hydrogen) atoms. The van der Waals surface area contributed by atoms with Crippen molar-refractivity contribution in [3.8, 4) is 0 Å². The van der Waals surface area contributed by atoms with Crippen molar-refractivity contribution >= 4 is 10.0 Å². The van der Waals surface area contributed by atoms with Gasteiger partial charge in [-0.25, -0.2) is 13.1 Å². The number of benzene rings is 1. The molecule has 2 aromatic rings. The highest BCUT2D eigenvalue weighted by Crippen LogP contribution is 2.10. The number of hydrogen-bond donors (Lipinski definition) is 2. The Hall–Kier alpha value is -1.59. The highest BCUT2D eigenvalue weighted by Gasteiger charge is 2.12. The summed E-state index contributed by atoms with van der Waals surface area (Å²) < 4.78 is 26.4. The van der Waals surface area contributed by atoms with Crippen LogP contribution in [0.15, 0.2) is 47.5 Å². The van der Waals surface area contributed by atoms with E-state index in [0.717, 1.165) is 11.3 Å². The fraction of sp³-hybridized carbons (Fsp3) is 0.167. The molecule has 0 bridgehead atoms. The molecule has 2 rings (SSSR count). The van der Waals surface area contributed by atoms with Crippen LogP contribution in [0.1, 0.15) is 11.3 Å². The van der Waals surface area contributed by atoms with Crippen LogP contribution in [0.4, 0.5) is 0 Å². The van der Waals surface area contributed by atoms with Gasteiger partial charge in [0.25, 0.3) is 0 Å². The molecule has 0 saturated carbocycles. The molecule has 0 atom stereocenters. The molecule has 5 heteroatoms.